The summed E-state index contributed by atoms with van der Waals surface area (Å²) in [6.45, 7) is 2.25. The molecule has 4 rings (SSSR count). The second-order valence-corrected chi connectivity index (χ2v) is 5.57. The third kappa shape index (κ3) is 1.47. The first-order valence-electron chi connectivity index (χ1n) is 5.81. The third-order valence-corrected chi connectivity index (χ3v) is 4.32. The largest absolute Gasteiger partial charge is 0.349 e. The van der Waals surface area contributed by atoms with Gasteiger partial charge >= 0.3 is 0 Å². The Kier molecular flexibility index (Phi) is 1.99. The van der Waals surface area contributed by atoms with E-state index in [0.29, 0.717) is 6.04 Å². The lowest BCUT2D eigenvalue weighted by molar-refractivity contribution is 0.693. The number of hydrogen-bond acceptors (Lipinski definition) is 4. The quantitative estimate of drug-likeness (QED) is 0.871. The van der Waals surface area contributed by atoms with Crippen LogP contribution < -0.4 is 10.6 Å². The Balaban J connectivity index is 1.62. The second-order valence-electron chi connectivity index (χ2n) is 4.72. The minimum atomic E-state index is 0.562. The van der Waals surface area contributed by atoms with Crippen LogP contribution in [0.2, 0.25) is 0 Å². The molecule has 1 aliphatic heterocycles. The van der Waals surface area contributed by atoms with Crippen molar-refractivity contribution in [3.63, 3.8) is 0 Å². The van der Waals surface area contributed by atoms with Gasteiger partial charge in [-0.25, -0.2) is 4.52 Å². The number of nitrogens with zero attached hydrogens (tertiary/aromatic N) is 3. The van der Waals surface area contributed by atoms with E-state index in [2.05, 4.69) is 36.6 Å². The second kappa shape index (κ2) is 3.43. The molecular weight excluding hydrogens is 282 g/mol. The van der Waals surface area contributed by atoms with E-state index in [9.17, 15) is 0 Å². The van der Waals surface area contributed by atoms with Crippen molar-refractivity contribution >= 4 is 27.5 Å². The first-order chi connectivity index (χ1) is 8.33. The van der Waals surface area contributed by atoms with E-state index in [1.165, 1.54) is 0 Å². The van der Waals surface area contributed by atoms with Gasteiger partial charge in [0.1, 0.15) is 0 Å². The average Bonchev–Trinajstić information content (AvgIpc) is 2.73. The van der Waals surface area contributed by atoms with Gasteiger partial charge in [-0.05, 0) is 39.9 Å². The Hall–Kier alpha value is -1.14. The van der Waals surface area contributed by atoms with Gasteiger partial charge in [-0.3, -0.25) is 0 Å². The Labute approximate surface area is 107 Å². The average molecular weight is 294 g/mol. The predicted molar refractivity (Wildman–Crippen MR) is 67.9 cm³/mol. The zero-order valence-electron chi connectivity index (χ0n) is 9.10. The number of pyridine rings is 1. The molecule has 0 bridgehead atoms. The van der Waals surface area contributed by atoms with Crippen molar-refractivity contribution in [1.29, 1.82) is 0 Å². The van der Waals surface area contributed by atoms with Crippen LogP contribution in [0.1, 0.15) is 0 Å². The van der Waals surface area contributed by atoms with Crippen LogP contribution in [-0.2, 0) is 0 Å². The molecule has 2 aromatic rings. The predicted octanol–water partition coefficient (Wildman–Crippen LogP) is 1.12. The molecule has 2 fully saturated rings. The van der Waals surface area contributed by atoms with Crippen molar-refractivity contribution in [1.82, 2.24) is 19.9 Å². The molecule has 5 nitrogen and oxygen atoms in total. The summed E-state index contributed by atoms with van der Waals surface area (Å²) < 4.78 is 2.77. The van der Waals surface area contributed by atoms with Crippen LogP contribution in [0.4, 0.5) is 5.95 Å². The molecule has 0 spiro atoms. The molecule has 0 aromatic carbocycles. The number of anilines is 1. The lowest BCUT2D eigenvalue weighted by Gasteiger charge is -2.03. The van der Waals surface area contributed by atoms with Gasteiger partial charge in [0.25, 0.3) is 0 Å². The number of rotatable bonds is 2. The van der Waals surface area contributed by atoms with Gasteiger partial charge in [-0.15, -0.1) is 5.10 Å². The van der Waals surface area contributed by atoms with Crippen molar-refractivity contribution < 1.29 is 0 Å². The Bertz CT molecular complexity index is 570. The summed E-state index contributed by atoms with van der Waals surface area (Å²) in [5, 5.41) is 11.2. The summed E-state index contributed by atoms with van der Waals surface area (Å²) in [6, 6.07) is 4.49. The highest BCUT2D eigenvalue weighted by atomic mass is 79.9. The van der Waals surface area contributed by atoms with Gasteiger partial charge in [-0.2, -0.15) is 4.98 Å². The topological polar surface area (TPSA) is 54.2 Å². The zero-order valence-corrected chi connectivity index (χ0v) is 10.7. The normalized spacial score (nSPS) is 30.5. The van der Waals surface area contributed by atoms with Gasteiger partial charge < -0.3 is 10.6 Å². The third-order valence-electron chi connectivity index (χ3n) is 3.70. The monoisotopic (exact) mass is 293 g/mol. The smallest absolute Gasteiger partial charge is 0.243 e. The number of nitrogens with one attached hydrogen (secondary N) is 2. The molecular formula is C11H12BrN5. The summed E-state index contributed by atoms with van der Waals surface area (Å²) in [6.07, 6.45) is 1.91. The number of aromatic nitrogens is 3. The van der Waals surface area contributed by atoms with Gasteiger partial charge in [-0.1, -0.05) is 0 Å². The zero-order chi connectivity index (χ0) is 11.4. The maximum Gasteiger partial charge on any atom is 0.243 e. The Morgan fingerprint density at radius 1 is 1.41 bits per heavy atom. The van der Waals surface area contributed by atoms with Crippen molar-refractivity contribution in [3.8, 4) is 0 Å². The molecule has 2 aliphatic rings. The lowest BCUT2D eigenvalue weighted by atomic mass is 10.4. The van der Waals surface area contributed by atoms with E-state index in [-0.39, 0.29) is 0 Å². The maximum atomic E-state index is 4.49. The minimum absolute atomic E-state index is 0.562. The van der Waals surface area contributed by atoms with E-state index in [1.54, 1.807) is 4.52 Å². The number of hydrogen-bond donors (Lipinski definition) is 2. The summed E-state index contributed by atoms with van der Waals surface area (Å²) in [5.41, 5.74) is 0.860. The molecule has 1 saturated carbocycles. The molecule has 2 N–H and O–H groups in total. The molecule has 88 valence electrons. The van der Waals surface area contributed by atoms with Gasteiger partial charge in [0, 0.05) is 25.3 Å². The van der Waals surface area contributed by atoms with Crippen LogP contribution in [0.15, 0.2) is 22.8 Å². The molecule has 2 aromatic heterocycles. The summed E-state index contributed by atoms with van der Waals surface area (Å²) in [5.74, 6) is 2.27. The van der Waals surface area contributed by atoms with E-state index >= 15 is 0 Å². The summed E-state index contributed by atoms with van der Waals surface area (Å²) >= 11 is 3.48. The SMILES string of the molecule is Brc1cccn2nc(NC3C4CNCC43)nc12. The summed E-state index contributed by atoms with van der Waals surface area (Å²) in [7, 11) is 0. The highest BCUT2D eigenvalue weighted by Crippen LogP contribution is 2.43. The van der Waals surface area contributed by atoms with Crippen molar-refractivity contribution in [2.75, 3.05) is 18.4 Å². The first kappa shape index (κ1) is 9.85. The van der Waals surface area contributed by atoms with Crippen LogP contribution in [0.25, 0.3) is 5.65 Å². The van der Waals surface area contributed by atoms with Crippen LogP contribution >= 0.6 is 15.9 Å². The van der Waals surface area contributed by atoms with Crippen molar-refractivity contribution in [3.05, 3.63) is 22.8 Å². The summed E-state index contributed by atoms with van der Waals surface area (Å²) in [4.78, 5) is 4.49. The van der Waals surface area contributed by atoms with Crippen molar-refractivity contribution in [2.45, 2.75) is 6.04 Å². The van der Waals surface area contributed by atoms with Gasteiger partial charge in [0.15, 0.2) is 5.65 Å². The van der Waals surface area contributed by atoms with E-state index in [1.807, 2.05) is 18.3 Å². The standard InChI is InChI=1S/C11H12BrN5/c12-8-2-1-3-17-10(8)15-11(16-17)14-9-6-4-13-5-7(6)9/h1-3,6-7,9,13H,4-5H2,(H,14,16). The number of piperidine rings is 1. The van der Waals surface area contributed by atoms with E-state index in [4.69, 9.17) is 0 Å². The Morgan fingerprint density at radius 3 is 3.00 bits per heavy atom. The molecule has 3 heterocycles. The minimum Gasteiger partial charge on any atom is -0.349 e. The van der Waals surface area contributed by atoms with Crippen molar-refractivity contribution in [2.24, 2.45) is 11.8 Å². The Morgan fingerprint density at radius 2 is 2.24 bits per heavy atom. The fraction of sp³-hybridized carbons (Fsp3) is 0.455. The van der Waals surface area contributed by atoms with Crippen LogP contribution in [0.5, 0.6) is 0 Å². The molecule has 2 unspecified atom stereocenters. The number of fused-ring (bicyclic) bond motifs is 2. The fourth-order valence-corrected chi connectivity index (χ4v) is 3.14. The van der Waals surface area contributed by atoms with Crippen LogP contribution in [0, 0.1) is 11.8 Å². The fourth-order valence-electron chi connectivity index (χ4n) is 2.72. The molecule has 17 heavy (non-hydrogen) atoms. The molecule has 1 saturated heterocycles. The highest BCUT2D eigenvalue weighted by molar-refractivity contribution is 9.10. The molecule has 2 atom stereocenters. The molecule has 6 heteroatoms. The van der Waals surface area contributed by atoms with Crippen LogP contribution in [0.3, 0.4) is 0 Å². The van der Waals surface area contributed by atoms with Crippen LogP contribution in [-0.4, -0.2) is 33.7 Å². The van der Waals surface area contributed by atoms with Gasteiger partial charge in [0.05, 0.1) is 4.47 Å². The highest BCUT2D eigenvalue weighted by Gasteiger charge is 2.53. The first-order valence-corrected chi connectivity index (χ1v) is 6.60. The number of halogens is 1. The molecule has 1 aliphatic carbocycles. The molecule has 0 radical (unpaired) electrons. The maximum absolute atomic E-state index is 4.49. The van der Waals surface area contributed by atoms with Gasteiger partial charge in [0.2, 0.25) is 5.95 Å². The van der Waals surface area contributed by atoms with E-state index in [0.717, 1.165) is 41.0 Å². The van der Waals surface area contributed by atoms with E-state index < -0.39 is 0 Å². The molecule has 0 amide bonds. The lowest BCUT2D eigenvalue weighted by Crippen LogP contribution is -2.21.